The molecule has 0 aliphatic carbocycles. The number of carbonyl (C=O) groups is 1. The average Bonchev–Trinajstić information content (AvgIpc) is 1.59. The Labute approximate surface area is 64.4 Å². The van der Waals surface area contributed by atoms with Gasteiger partial charge in [-0.25, -0.2) is 0 Å². The molecular weight excluding hydrogens is 152 g/mol. The van der Waals surface area contributed by atoms with Gasteiger partial charge in [0.15, 0.2) is 0 Å². The summed E-state index contributed by atoms with van der Waals surface area (Å²) >= 11 is 1.22. The maximum absolute atomic E-state index is 9.98. The second kappa shape index (κ2) is 3.83. The van der Waals surface area contributed by atoms with E-state index in [1.54, 1.807) is 13.8 Å². The summed E-state index contributed by atoms with van der Waals surface area (Å²) in [7, 11) is 0. The van der Waals surface area contributed by atoms with Crippen LogP contribution in [0.25, 0.3) is 0 Å². The lowest BCUT2D eigenvalue weighted by atomic mass is 10.2. The zero-order chi connectivity index (χ0) is 8.20. The highest BCUT2D eigenvalue weighted by atomic mass is 32.2. The first-order valence-electron chi connectivity index (χ1n) is 2.94. The van der Waals surface area contributed by atoms with E-state index in [0.29, 0.717) is 5.75 Å². The van der Waals surface area contributed by atoms with E-state index >= 15 is 0 Å². The van der Waals surface area contributed by atoms with Gasteiger partial charge >= 0.3 is 5.97 Å². The number of carboxylic acid groups (broad SMARTS) is 1. The third-order valence-electron chi connectivity index (χ3n) is 0.681. The van der Waals surface area contributed by atoms with Crippen molar-refractivity contribution >= 4 is 17.7 Å². The molecule has 0 unspecified atom stereocenters. The zero-order valence-corrected chi connectivity index (χ0v) is 6.94. The van der Waals surface area contributed by atoms with E-state index in [4.69, 9.17) is 10.2 Å². The predicted octanol–water partition coefficient (Wildman–Crippen LogP) is 0.575. The van der Waals surface area contributed by atoms with Crippen LogP contribution in [-0.4, -0.2) is 33.3 Å². The standard InChI is InChI=1S/C6H12O3S/c1-6(2,9)4-10-3-5(7)8/h9H,3-4H2,1-2H3,(H,7,8). The van der Waals surface area contributed by atoms with E-state index in [-0.39, 0.29) is 5.75 Å². The minimum atomic E-state index is -0.839. The molecule has 0 spiro atoms. The van der Waals surface area contributed by atoms with Gasteiger partial charge in [-0.1, -0.05) is 0 Å². The fourth-order valence-corrected chi connectivity index (χ4v) is 1.16. The third-order valence-corrected chi connectivity index (χ3v) is 2.04. The normalized spacial score (nSPS) is 11.5. The van der Waals surface area contributed by atoms with Crippen LogP contribution in [0.2, 0.25) is 0 Å². The third kappa shape index (κ3) is 7.78. The van der Waals surface area contributed by atoms with E-state index in [2.05, 4.69) is 0 Å². The SMILES string of the molecule is CC(C)(O)CSCC(=O)O. The van der Waals surface area contributed by atoms with E-state index in [1.807, 2.05) is 0 Å². The summed E-state index contributed by atoms with van der Waals surface area (Å²) in [5, 5.41) is 17.3. The van der Waals surface area contributed by atoms with Gasteiger partial charge in [-0.2, -0.15) is 0 Å². The Kier molecular flexibility index (Phi) is 3.75. The highest BCUT2D eigenvalue weighted by Gasteiger charge is 2.12. The molecule has 0 heterocycles. The molecule has 60 valence electrons. The molecular formula is C6H12O3S. The first kappa shape index (κ1) is 9.78. The van der Waals surface area contributed by atoms with Gasteiger partial charge in [0, 0.05) is 5.75 Å². The monoisotopic (exact) mass is 164 g/mol. The smallest absolute Gasteiger partial charge is 0.313 e. The van der Waals surface area contributed by atoms with Crippen LogP contribution in [0.4, 0.5) is 0 Å². The second-order valence-electron chi connectivity index (χ2n) is 2.70. The highest BCUT2D eigenvalue weighted by Crippen LogP contribution is 2.10. The number of aliphatic carboxylic acids is 1. The molecule has 0 radical (unpaired) electrons. The largest absolute Gasteiger partial charge is 0.481 e. The Hall–Kier alpha value is -0.220. The van der Waals surface area contributed by atoms with Crippen LogP contribution < -0.4 is 0 Å². The Morgan fingerprint density at radius 2 is 2.10 bits per heavy atom. The lowest BCUT2D eigenvalue weighted by Crippen LogP contribution is -2.22. The van der Waals surface area contributed by atoms with E-state index in [0.717, 1.165) is 0 Å². The molecule has 0 saturated carbocycles. The maximum Gasteiger partial charge on any atom is 0.313 e. The molecule has 3 nitrogen and oxygen atoms in total. The van der Waals surface area contributed by atoms with Gasteiger partial charge < -0.3 is 10.2 Å². The van der Waals surface area contributed by atoms with Crippen molar-refractivity contribution in [2.24, 2.45) is 0 Å². The number of hydrogen-bond acceptors (Lipinski definition) is 3. The molecule has 0 fully saturated rings. The van der Waals surface area contributed by atoms with Crippen LogP contribution in [0.3, 0.4) is 0 Å². The van der Waals surface area contributed by atoms with Crippen LogP contribution in [0.15, 0.2) is 0 Å². The van der Waals surface area contributed by atoms with Crippen molar-refractivity contribution in [2.45, 2.75) is 19.4 Å². The summed E-state index contributed by atoms with van der Waals surface area (Å²) in [5.41, 5.74) is -0.764. The fourth-order valence-electron chi connectivity index (χ4n) is 0.388. The van der Waals surface area contributed by atoms with Crippen molar-refractivity contribution in [1.29, 1.82) is 0 Å². The molecule has 0 aliphatic heterocycles. The number of aliphatic hydroxyl groups is 1. The Balaban J connectivity index is 3.29. The Morgan fingerprint density at radius 1 is 1.60 bits per heavy atom. The van der Waals surface area contributed by atoms with Crippen molar-refractivity contribution in [3.05, 3.63) is 0 Å². The molecule has 4 heteroatoms. The van der Waals surface area contributed by atoms with Gasteiger partial charge in [-0.15, -0.1) is 11.8 Å². The summed E-state index contributed by atoms with van der Waals surface area (Å²) in [6.45, 7) is 3.31. The molecule has 0 saturated heterocycles. The quantitative estimate of drug-likeness (QED) is 0.638. The van der Waals surface area contributed by atoms with E-state index in [1.165, 1.54) is 11.8 Å². The molecule has 2 N–H and O–H groups in total. The number of rotatable bonds is 4. The molecule has 0 aromatic carbocycles. The van der Waals surface area contributed by atoms with Crippen molar-refractivity contribution in [3.8, 4) is 0 Å². The molecule has 10 heavy (non-hydrogen) atoms. The summed E-state index contributed by atoms with van der Waals surface area (Å²) < 4.78 is 0. The van der Waals surface area contributed by atoms with Gasteiger partial charge in [0.1, 0.15) is 0 Å². The minimum absolute atomic E-state index is 0.0595. The van der Waals surface area contributed by atoms with Crippen LogP contribution in [0.1, 0.15) is 13.8 Å². The number of carboxylic acids is 1. The van der Waals surface area contributed by atoms with Crippen LogP contribution in [0.5, 0.6) is 0 Å². The summed E-state index contributed by atoms with van der Waals surface area (Å²) in [5.74, 6) is -0.322. The van der Waals surface area contributed by atoms with Crippen LogP contribution in [0, 0.1) is 0 Å². The van der Waals surface area contributed by atoms with Crippen molar-refractivity contribution < 1.29 is 15.0 Å². The molecule has 0 aromatic heterocycles. The number of thioether (sulfide) groups is 1. The number of hydrogen-bond donors (Lipinski definition) is 2. The fraction of sp³-hybridized carbons (Fsp3) is 0.833. The van der Waals surface area contributed by atoms with Crippen molar-refractivity contribution in [1.82, 2.24) is 0 Å². The molecule has 0 aromatic rings. The Morgan fingerprint density at radius 3 is 2.40 bits per heavy atom. The van der Waals surface area contributed by atoms with Gasteiger partial charge in [-0.3, -0.25) is 4.79 Å². The van der Waals surface area contributed by atoms with Gasteiger partial charge in [0.05, 0.1) is 11.4 Å². The van der Waals surface area contributed by atoms with Crippen LogP contribution >= 0.6 is 11.8 Å². The highest BCUT2D eigenvalue weighted by molar-refractivity contribution is 8.00. The maximum atomic E-state index is 9.98. The molecule has 0 amide bonds. The lowest BCUT2D eigenvalue weighted by molar-refractivity contribution is -0.133. The molecule has 0 bridgehead atoms. The second-order valence-corrected chi connectivity index (χ2v) is 3.68. The van der Waals surface area contributed by atoms with Gasteiger partial charge in [0.25, 0.3) is 0 Å². The molecule has 0 atom stereocenters. The topological polar surface area (TPSA) is 57.5 Å². The summed E-state index contributed by atoms with van der Waals surface area (Å²) in [6, 6.07) is 0. The summed E-state index contributed by atoms with van der Waals surface area (Å²) in [6.07, 6.45) is 0. The van der Waals surface area contributed by atoms with Gasteiger partial charge in [0.2, 0.25) is 0 Å². The first-order chi connectivity index (χ1) is 4.42. The van der Waals surface area contributed by atoms with E-state index in [9.17, 15) is 4.79 Å². The zero-order valence-electron chi connectivity index (χ0n) is 6.13. The minimum Gasteiger partial charge on any atom is -0.481 e. The molecule has 0 rings (SSSR count). The Bertz CT molecular complexity index is 117. The van der Waals surface area contributed by atoms with Crippen molar-refractivity contribution in [2.75, 3.05) is 11.5 Å². The lowest BCUT2D eigenvalue weighted by Gasteiger charge is -2.14. The van der Waals surface area contributed by atoms with Crippen LogP contribution in [-0.2, 0) is 4.79 Å². The first-order valence-corrected chi connectivity index (χ1v) is 4.09. The average molecular weight is 164 g/mol. The molecule has 0 aliphatic rings. The summed E-state index contributed by atoms with van der Waals surface area (Å²) in [4.78, 5) is 9.98. The predicted molar refractivity (Wildman–Crippen MR) is 41.3 cm³/mol. The van der Waals surface area contributed by atoms with Crippen molar-refractivity contribution in [3.63, 3.8) is 0 Å². The van der Waals surface area contributed by atoms with E-state index < -0.39 is 11.6 Å². The van der Waals surface area contributed by atoms with Gasteiger partial charge in [-0.05, 0) is 13.8 Å².